The summed E-state index contributed by atoms with van der Waals surface area (Å²) in [6.45, 7) is 3.75. The molecule has 2 N–H and O–H groups in total. The van der Waals surface area contributed by atoms with Gasteiger partial charge in [-0.3, -0.25) is 4.90 Å². The number of nitrogens with two attached hydrogens (primary N) is 1. The van der Waals surface area contributed by atoms with Crippen LogP contribution in [0.25, 0.3) is 0 Å². The van der Waals surface area contributed by atoms with Crippen molar-refractivity contribution >= 4 is 12.4 Å². The fourth-order valence-electron chi connectivity index (χ4n) is 2.87. The zero-order valence-electron chi connectivity index (χ0n) is 11.8. The van der Waals surface area contributed by atoms with Crippen LogP contribution in [0.5, 0.6) is 0 Å². The van der Waals surface area contributed by atoms with Crippen molar-refractivity contribution in [2.24, 2.45) is 5.73 Å². The van der Waals surface area contributed by atoms with Crippen molar-refractivity contribution in [3.8, 4) is 0 Å². The third-order valence-corrected chi connectivity index (χ3v) is 3.86. The zero-order valence-corrected chi connectivity index (χ0v) is 12.6. The number of hydrogen-bond donors (Lipinski definition) is 1. The van der Waals surface area contributed by atoms with Crippen LogP contribution in [0.1, 0.15) is 43.7 Å². The van der Waals surface area contributed by atoms with Gasteiger partial charge in [-0.15, -0.1) is 12.4 Å². The average molecular weight is 305 g/mol. The molecular weight excluding hydrogens is 282 g/mol. The van der Waals surface area contributed by atoms with Crippen LogP contribution < -0.4 is 5.73 Å². The lowest BCUT2D eigenvalue weighted by molar-refractivity contribution is 0.122. The summed E-state index contributed by atoms with van der Waals surface area (Å²) >= 11 is 0. The van der Waals surface area contributed by atoms with E-state index in [0.717, 1.165) is 24.9 Å². The summed E-state index contributed by atoms with van der Waals surface area (Å²) in [5.41, 5.74) is 7.08. The molecule has 0 radical (unpaired) electrons. The van der Waals surface area contributed by atoms with Gasteiger partial charge in [0, 0.05) is 24.2 Å². The van der Waals surface area contributed by atoms with E-state index in [1.165, 1.54) is 12.5 Å². The minimum Gasteiger partial charge on any atom is -0.327 e. The van der Waals surface area contributed by atoms with E-state index in [1.807, 2.05) is 13.0 Å². The van der Waals surface area contributed by atoms with Crippen LogP contribution in [0, 0.1) is 0 Å². The van der Waals surface area contributed by atoms with E-state index in [1.54, 1.807) is 12.1 Å². The first-order valence-electron chi connectivity index (χ1n) is 6.94. The first-order valence-corrected chi connectivity index (χ1v) is 6.94. The lowest BCUT2D eigenvalue weighted by Crippen LogP contribution is -2.48. The van der Waals surface area contributed by atoms with Gasteiger partial charge in [0.25, 0.3) is 6.43 Å². The number of alkyl halides is 2. The van der Waals surface area contributed by atoms with Crippen molar-refractivity contribution in [1.29, 1.82) is 0 Å². The fraction of sp³-hybridized carbons (Fsp3) is 0.600. The molecule has 1 aromatic rings. The number of likely N-dealkylation sites (tertiary alicyclic amines) is 1. The molecule has 1 fully saturated rings. The van der Waals surface area contributed by atoms with Crippen molar-refractivity contribution < 1.29 is 8.78 Å². The lowest BCUT2D eigenvalue weighted by atomic mass is 9.96. The largest absolute Gasteiger partial charge is 0.327 e. The standard InChI is InChI=1S/C15H22F2N2.ClH/c1-11(18)14-7-2-3-8-19(14)10-12-5-4-6-13(9-12)15(16)17;/h4-6,9,11,14-15H,2-3,7-8,10,18H2,1H3;1H. The molecule has 2 rings (SSSR count). The van der Waals surface area contributed by atoms with Crippen LogP contribution >= 0.6 is 12.4 Å². The van der Waals surface area contributed by atoms with Gasteiger partial charge in [0.1, 0.15) is 0 Å². The first-order chi connectivity index (χ1) is 9.08. The Balaban J connectivity index is 0.00000200. The Morgan fingerprint density at radius 1 is 1.35 bits per heavy atom. The van der Waals surface area contributed by atoms with Crippen molar-refractivity contribution in [2.75, 3.05) is 6.54 Å². The van der Waals surface area contributed by atoms with Crippen molar-refractivity contribution in [2.45, 2.75) is 51.2 Å². The summed E-state index contributed by atoms with van der Waals surface area (Å²) in [6, 6.07) is 7.20. The van der Waals surface area contributed by atoms with Crippen LogP contribution in [-0.4, -0.2) is 23.5 Å². The molecule has 114 valence electrons. The summed E-state index contributed by atoms with van der Waals surface area (Å²) in [6.07, 6.45) is 1.08. The summed E-state index contributed by atoms with van der Waals surface area (Å²) in [4.78, 5) is 2.33. The SMILES string of the molecule is CC(N)C1CCCCN1Cc1cccc(C(F)F)c1.Cl. The molecule has 1 aliphatic heterocycles. The second kappa shape index (κ2) is 7.91. The Morgan fingerprint density at radius 3 is 2.75 bits per heavy atom. The number of piperidine rings is 1. The predicted octanol–water partition coefficient (Wildman–Crippen LogP) is 3.75. The lowest BCUT2D eigenvalue weighted by Gasteiger charge is -2.38. The van der Waals surface area contributed by atoms with Gasteiger partial charge in [-0.2, -0.15) is 0 Å². The molecular formula is C15H23ClF2N2. The Hall–Kier alpha value is -0.710. The van der Waals surface area contributed by atoms with Crippen molar-refractivity contribution in [3.05, 3.63) is 35.4 Å². The van der Waals surface area contributed by atoms with Crippen LogP contribution in [0.4, 0.5) is 8.78 Å². The number of benzene rings is 1. The van der Waals surface area contributed by atoms with E-state index < -0.39 is 6.43 Å². The molecule has 2 atom stereocenters. The number of halogens is 3. The minimum atomic E-state index is -2.40. The second-order valence-electron chi connectivity index (χ2n) is 5.44. The Kier molecular flexibility index (Phi) is 6.86. The van der Waals surface area contributed by atoms with Gasteiger partial charge in [0.15, 0.2) is 0 Å². The molecule has 2 nitrogen and oxygen atoms in total. The molecule has 0 saturated carbocycles. The van der Waals surface area contributed by atoms with Gasteiger partial charge in [-0.1, -0.05) is 24.6 Å². The van der Waals surface area contributed by atoms with Crippen molar-refractivity contribution in [1.82, 2.24) is 4.90 Å². The zero-order chi connectivity index (χ0) is 13.8. The fourth-order valence-corrected chi connectivity index (χ4v) is 2.87. The maximum Gasteiger partial charge on any atom is 0.263 e. The van der Waals surface area contributed by atoms with E-state index in [-0.39, 0.29) is 24.0 Å². The second-order valence-corrected chi connectivity index (χ2v) is 5.44. The average Bonchev–Trinajstić information content (AvgIpc) is 2.39. The highest BCUT2D eigenvalue weighted by atomic mass is 35.5. The van der Waals surface area contributed by atoms with E-state index in [4.69, 9.17) is 5.73 Å². The summed E-state index contributed by atoms with van der Waals surface area (Å²) in [5.74, 6) is 0. The van der Waals surface area contributed by atoms with Gasteiger partial charge >= 0.3 is 0 Å². The summed E-state index contributed by atoms with van der Waals surface area (Å²) in [5, 5.41) is 0. The molecule has 5 heteroatoms. The van der Waals surface area contributed by atoms with E-state index >= 15 is 0 Å². The maximum absolute atomic E-state index is 12.7. The monoisotopic (exact) mass is 304 g/mol. The van der Waals surface area contributed by atoms with Crippen LogP contribution in [0.3, 0.4) is 0 Å². The molecule has 2 unspecified atom stereocenters. The Labute approximate surface area is 125 Å². The van der Waals surface area contributed by atoms with E-state index in [9.17, 15) is 8.78 Å². The highest BCUT2D eigenvalue weighted by molar-refractivity contribution is 5.85. The van der Waals surface area contributed by atoms with Gasteiger partial charge in [0.2, 0.25) is 0 Å². The van der Waals surface area contributed by atoms with Crippen LogP contribution in [0.15, 0.2) is 24.3 Å². The van der Waals surface area contributed by atoms with Crippen LogP contribution in [-0.2, 0) is 6.54 Å². The minimum absolute atomic E-state index is 0. The van der Waals surface area contributed by atoms with Gasteiger partial charge in [-0.25, -0.2) is 8.78 Å². The predicted molar refractivity (Wildman–Crippen MR) is 80.3 cm³/mol. The first kappa shape index (κ1) is 17.3. The number of rotatable bonds is 4. The van der Waals surface area contributed by atoms with Crippen molar-refractivity contribution in [3.63, 3.8) is 0 Å². The highest BCUT2D eigenvalue weighted by Crippen LogP contribution is 2.24. The van der Waals surface area contributed by atoms with Gasteiger partial charge in [0.05, 0.1) is 0 Å². The molecule has 1 aromatic carbocycles. The third-order valence-electron chi connectivity index (χ3n) is 3.86. The molecule has 0 bridgehead atoms. The van der Waals surface area contributed by atoms with Crippen LogP contribution in [0.2, 0.25) is 0 Å². The summed E-state index contributed by atoms with van der Waals surface area (Å²) in [7, 11) is 0. The normalized spacial score (nSPS) is 21.6. The smallest absolute Gasteiger partial charge is 0.263 e. The molecule has 0 amide bonds. The molecule has 1 aliphatic rings. The summed E-state index contributed by atoms with van der Waals surface area (Å²) < 4.78 is 25.4. The van der Waals surface area contributed by atoms with E-state index in [0.29, 0.717) is 12.6 Å². The van der Waals surface area contributed by atoms with Gasteiger partial charge < -0.3 is 5.73 Å². The third kappa shape index (κ3) is 4.40. The number of nitrogens with zero attached hydrogens (tertiary/aromatic N) is 1. The molecule has 20 heavy (non-hydrogen) atoms. The topological polar surface area (TPSA) is 29.3 Å². The van der Waals surface area contributed by atoms with Gasteiger partial charge in [-0.05, 0) is 37.9 Å². The quantitative estimate of drug-likeness (QED) is 0.918. The molecule has 1 heterocycles. The number of hydrogen-bond acceptors (Lipinski definition) is 2. The molecule has 0 spiro atoms. The molecule has 1 saturated heterocycles. The Bertz CT molecular complexity index is 413. The molecule has 0 aliphatic carbocycles. The van der Waals surface area contributed by atoms with E-state index in [2.05, 4.69) is 4.90 Å². The molecule has 0 aromatic heterocycles. The highest BCUT2D eigenvalue weighted by Gasteiger charge is 2.25. The maximum atomic E-state index is 12.7. The Morgan fingerprint density at radius 2 is 2.10 bits per heavy atom.